The van der Waals surface area contributed by atoms with E-state index in [0.29, 0.717) is 23.9 Å². The van der Waals surface area contributed by atoms with Crippen molar-refractivity contribution in [2.24, 2.45) is 5.73 Å². The third kappa shape index (κ3) is 2.36. The molecule has 116 valence electrons. The smallest absolute Gasteiger partial charge is 0.138 e. The predicted octanol–water partition coefficient (Wildman–Crippen LogP) is 3.28. The van der Waals surface area contributed by atoms with Crippen LogP contribution in [0.1, 0.15) is 30.7 Å². The zero-order valence-electron chi connectivity index (χ0n) is 13.1. The summed E-state index contributed by atoms with van der Waals surface area (Å²) >= 11 is 6.59. The van der Waals surface area contributed by atoms with E-state index >= 15 is 0 Å². The lowest BCUT2D eigenvalue weighted by atomic mass is 9.71. The van der Waals surface area contributed by atoms with Crippen LogP contribution in [-0.2, 0) is 11.8 Å². The van der Waals surface area contributed by atoms with Crippen LogP contribution in [0.25, 0.3) is 11.3 Å². The second-order valence-corrected chi connectivity index (χ2v) is 6.66. The highest BCUT2D eigenvalue weighted by molar-refractivity contribution is 6.33. The number of nitrogens with zero attached hydrogens (tertiary/aromatic N) is 2. The first-order chi connectivity index (χ1) is 10.5. The third-order valence-electron chi connectivity index (χ3n) is 4.17. The summed E-state index contributed by atoms with van der Waals surface area (Å²) in [5.74, 6) is 0.691. The van der Waals surface area contributed by atoms with E-state index < -0.39 is 0 Å². The second-order valence-electron chi connectivity index (χ2n) is 6.28. The molecule has 0 spiro atoms. The van der Waals surface area contributed by atoms with E-state index in [1.165, 1.54) is 5.56 Å². The van der Waals surface area contributed by atoms with Crippen LogP contribution in [0.3, 0.4) is 0 Å². The first kappa shape index (κ1) is 15.3. The van der Waals surface area contributed by atoms with Gasteiger partial charge in [-0.2, -0.15) is 0 Å². The molecular weight excluding hydrogens is 298 g/mol. The minimum atomic E-state index is -0.0657. The Morgan fingerprint density at radius 3 is 2.82 bits per heavy atom. The Balaban J connectivity index is 2.19. The lowest BCUT2D eigenvalue weighted by Crippen LogP contribution is -2.28. The summed E-state index contributed by atoms with van der Waals surface area (Å²) in [7, 11) is 0. The zero-order valence-corrected chi connectivity index (χ0v) is 13.9. The van der Waals surface area contributed by atoms with E-state index in [2.05, 4.69) is 23.8 Å². The second kappa shape index (κ2) is 5.52. The minimum Gasteiger partial charge on any atom is -0.491 e. The summed E-state index contributed by atoms with van der Waals surface area (Å²) in [5, 5.41) is 0.668. The predicted molar refractivity (Wildman–Crippen MR) is 88.5 cm³/mol. The Bertz CT molecular complexity index is 728. The van der Waals surface area contributed by atoms with Gasteiger partial charge in [-0.1, -0.05) is 25.4 Å². The van der Waals surface area contributed by atoms with Gasteiger partial charge in [0.05, 0.1) is 10.7 Å². The van der Waals surface area contributed by atoms with Crippen molar-refractivity contribution in [2.75, 3.05) is 13.2 Å². The van der Waals surface area contributed by atoms with Crippen LogP contribution >= 0.6 is 11.6 Å². The van der Waals surface area contributed by atoms with Crippen LogP contribution < -0.4 is 10.5 Å². The van der Waals surface area contributed by atoms with E-state index in [0.717, 1.165) is 28.9 Å². The van der Waals surface area contributed by atoms with E-state index in [1.807, 2.05) is 19.1 Å². The Kier molecular flexibility index (Phi) is 3.83. The van der Waals surface area contributed by atoms with Crippen molar-refractivity contribution in [3.8, 4) is 17.0 Å². The Labute approximate surface area is 135 Å². The van der Waals surface area contributed by atoms with Crippen LogP contribution in [-0.4, -0.2) is 23.1 Å². The van der Waals surface area contributed by atoms with Crippen LogP contribution in [0.4, 0.5) is 0 Å². The summed E-state index contributed by atoms with van der Waals surface area (Å²) in [5.41, 5.74) is 10.8. The first-order valence-corrected chi connectivity index (χ1v) is 7.80. The van der Waals surface area contributed by atoms with Gasteiger partial charge in [-0.3, -0.25) is 0 Å². The number of aromatic nitrogens is 2. The third-order valence-corrected chi connectivity index (χ3v) is 4.59. The Hall–Kier alpha value is -1.65. The molecule has 22 heavy (non-hydrogen) atoms. The van der Waals surface area contributed by atoms with Crippen molar-refractivity contribution in [1.29, 1.82) is 0 Å². The van der Waals surface area contributed by atoms with Crippen LogP contribution in [0.2, 0.25) is 5.02 Å². The summed E-state index contributed by atoms with van der Waals surface area (Å²) in [6.45, 7) is 7.37. The fourth-order valence-electron chi connectivity index (χ4n) is 3.29. The number of rotatable bonds is 3. The van der Waals surface area contributed by atoms with Gasteiger partial charge in [0, 0.05) is 23.4 Å². The number of ether oxygens (including phenoxy) is 1. The number of fused-ring (bicyclic) bond motifs is 3. The monoisotopic (exact) mass is 317 g/mol. The van der Waals surface area contributed by atoms with E-state index in [9.17, 15) is 0 Å². The molecule has 1 aliphatic carbocycles. The molecule has 0 bridgehead atoms. The SMILES string of the molecule is Cc1ncnc2c1C(C)(C)Cc1c-2ccc(OCCN)c1Cl. The molecule has 0 saturated carbocycles. The summed E-state index contributed by atoms with van der Waals surface area (Å²) in [6.07, 6.45) is 2.45. The molecule has 2 N–H and O–H groups in total. The number of hydrogen-bond acceptors (Lipinski definition) is 4. The molecule has 0 fully saturated rings. The molecule has 0 aliphatic heterocycles. The Morgan fingerprint density at radius 2 is 2.09 bits per heavy atom. The van der Waals surface area contributed by atoms with Crippen molar-refractivity contribution in [3.63, 3.8) is 0 Å². The molecule has 4 nitrogen and oxygen atoms in total. The average molecular weight is 318 g/mol. The highest BCUT2D eigenvalue weighted by Crippen LogP contribution is 2.47. The maximum atomic E-state index is 6.59. The van der Waals surface area contributed by atoms with Crippen LogP contribution in [0, 0.1) is 6.92 Å². The van der Waals surface area contributed by atoms with Crippen molar-refractivity contribution in [1.82, 2.24) is 9.97 Å². The van der Waals surface area contributed by atoms with E-state index in [-0.39, 0.29) is 5.41 Å². The molecule has 2 aromatic rings. The van der Waals surface area contributed by atoms with Gasteiger partial charge in [0.2, 0.25) is 0 Å². The van der Waals surface area contributed by atoms with Gasteiger partial charge < -0.3 is 10.5 Å². The first-order valence-electron chi connectivity index (χ1n) is 7.42. The van der Waals surface area contributed by atoms with E-state index in [4.69, 9.17) is 22.1 Å². The lowest BCUT2D eigenvalue weighted by molar-refractivity contribution is 0.328. The number of benzene rings is 1. The number of hydrogen-bond donors (Lipinski definition) is 1. The van der Waals surface area contributed by atoms with Gasteiger partial charge >= 0.3 is 0 Å². The highest BCUT2D eigenvalue weighted by Gasteiger charge is 2.35. The van der Waals surface area contributed by atoms with Crippen molar-refractivity contribution < 1.29 is 4.74 Å². The molecule has 0 radical (unpaired) electrons. The summed E-state index contributed by atoms with van der Waals surface area (Å²) in [4.78, 5) is 8.88. The van der Waals surface area contributed by atoms with Crippen molar-refractivity contribution in [2.45, 2.75) is 32.6 Å². The van der Waals surface area contributed by atoms with Crippen molar-refractivity contribution in [3.05, 3.63) is 40.3 Å². The topological polar surface area (TPSA) is 61.0 Å². The molecule has 0 saturated heterocycles. The Morgan fingerprint density at radius 1 is 1.32 bits per heavy atom. The molecule has 0 amide bonds. The standard InChI is InChI=1S/C17H20ClN3O/c1-10-14-16(21-9-20-10)11-4-5-13(22-7-6-19)15(18)12(11)8-17(14,2)3/h4-5,9H,6-8,19H2,1-3H3. The quantitative estimate of drug-likeness (QED) is 0.943. The van der Waals surface area contributed by atoms with Crippen LogP contribution in [0.15, 0.2) is 18.5 Å². The summed E-state index contributed by atoms with van der Waals surface area (Å²) in [6, 6.07) is 3.93. The minimum absolute atomic E-state index is 0.0657. The maximum Gasteiger partial charge on any atom is 0.138 e. The largest absolute Gasteiger partial charge is 0.491 e. The average Bonchev–Trinajstić information content (AvgIpc) is 2.47. The molecule has 0 unspecified atom stereocenters. The number of nitrogens with two attached hydrogens (primary N) is 1. The lowest BCUT2D eigenvalue weighted by Gasteiger charge is -2.34. The molecule has 5 heteroatoms. The normalized spacial score (nSPS) is 15.1. The van der Waals surface area contributed by atoms with Gasteiger partial charge in [-0.05, 0) is 36.5 Å². The van der Waals surface area contributed by atoms with Gasteiger partial charge in [0.1, 0.15) is 18.7 Å². The van der Waals surface area contributed by atoms with Gasteiger partial charge in [-0.15, -0.1) is 0 Å². The van der Waals surface area contributed by atoms with E-state index in [1.54, 1.807) is 6.33 Å². The van der Waals surface area contributed by atoms with Gasteiger partial charge in [0.15, 0.2) is 0 Å². The highest BCUT2D eigenvalue weighted by atomic mass is 35.5. The number of halogens is 1. The molecule has 1 aromatic carbocycles. The maximum absolute atomic E-state index is 6.59. The fraction of sp³-hybridized carbons (Fsp3) is 0.412. The van der Waals surface area contributed by atoms with Gasteiger partial charge in [0.25, 0.3) is 0 Å². The number of aryl methyl sites for hydroxylation is 1. The van der Waals surface area contributed by atoms with Gasteiger partial charge in [-0.25, -0.2) is 9.97 Å². The molecule has 1 aliphatic rings. The molecular formula is C17H20ClN3O. The molecule has 1 heterocycles. The zero-order chi connectivity index (χ0) is 15.9. The van der Waals surface area contributed by atoms with Crippen molar-refractivity contribution >= 4 is 11.6 Å². The molecule has 0 atom stereocenters. The summed E-state index contributed by atoms with van der Waals surface area (Å²) < 4.78 is 5.64. The molecule has 3 rings (SSSR count). The molecule has 1 aromatic heterocycles. The van der Waals surface area contributed by atoms with Crippen LogP contribution in [0.5, 0.6) is 5.75 Å². The fourth-order valence-corrected chi connectivity index (χ4v) is 3.58.